The lowest BCUT2D eigenvalue weighted by atomic mass is 9.95. The minimum Gasteiger partial charge on any atom is -0.339 e. The number of amides is 1. The summed E-state index contributed by atoms with van der Waals surface area (Å²) in [4.78, 5) is 14.7. The predicted octanol–water partition coefficient (Wildman–Crippen LogP) is 2.81. The SMILES string of the molecule is CS(=O)(=O)c1ccc(Cl)c(C(=O)N2CCC(c3nnc4ccccn34)CC2)c1. The quantitative estimate of drug-likeness (QED) is 0.653. The highest BCUT2D eigenvalue weighted by atomic mass is 35.5. The van der Waals surface area contributed by atoms with Gasteiger partial charge in [-0.15, -0.1) is 10.2 Å². The number of hydrogen-bond donors (Lipinski definition) is 0. The molecule has 7 nitrogen and oxygen atoms in total. The van der Waals surface area contributed by atoms with E-state index in [0.29, 0.717) is 13.1 Å². The van der Waals surface area contributed by atoms with Crippen molar-refractivity contribution in [2.45, 2.75) is 23.7 Å². The van der Waals surface area contributed by atoms with Gasteiger partial charge >= 0.3 is 0 Å². The second kappa shape index (κ2) is 7.18. The van der Waals surface area contributed by atoms with Crippen molar-refractivity contribution in [1.29, 1.82) is 0 Å². The zero-order chi connectivity index (χ0) is 19.9. The Morgan fingerprint density at radius 1 is 1.14 bits per heavy atom. The lowest BCUT2D eigenvalue weighted by molar-refractivity contribution is 0.0711. The number of carbonyl (C=O) groups is 1. The number of hydrogen-bond acceptors (Lipinski definition) is 5. The number of halogens is 1. The van der Waals surface area contributed by atoms with Crippen LogP contribution in [0.1, 0.15) is 34.9 Å². The Morgan fingerprint density at radius 3 is 2.61 bits per heavy atom. The van der Waals surface area contributed by atoms with E-state index in [2.05, 4.69) is 10.2 Å². The van der Waals surface area contributed by atoms with Gasteiger partial charge in [0.2, 0.25) is 0 Å². The molecule has 0 unspecified atom stereocenters. The van der Waals surface area contributed by atoms with Gasteiger partial charge in [-0.25, -0.2) is 8.42 Å². The molecule has 9 heteroatoms. The highest BCUT2D eigenvalue weighted by molar-refractivity contribution is 7.90. The van der Waals surface area contributed by atoms with Crippen molar-refractivity contribution in [1.82, 2.24) is 19.5 Å². The van der Waals surface area contributed by atoms with Crippen LogP contribution < -0.4 is 0 Å². The van der Waals surface area contributed by atoms with Gasteiger partial charge in [0.1, 0.15) is 5.82 Å². The summed E-state index contributed by atoms with van der Waals surface area (Å²) in [6.45, 7) is 1.09. The predicted molar refractivity (Wildman–Crippen MR) is 105 cm³/mol. The fraction of sp³-hybridized carbons (Fsp3) is 0.316. The van der Waals surface area contributed by atoms with Crippen LogP contribution in [-0.2, 0) is 9.84 Å². The number of fused-ring (bicyclic) bond motifs is 1. The molecule has 1 aliphatic rings. The number of nitrogens with zero attached hydrogens (tertiary/aromatic N) is 4. The number of pyridine rings is 1. The summed E-state index contributed by atoms with van der Waals surface area (Å²) >= 11 is 6.17. The summed E-state index contributed by atoms with van der Waals surface area (Å²) in [6.07, 6.45) is 4.56. The standard InChI is InChI=1S/C19H19ClN4O3S/c1-28(26,27)14-5-6-16(20)15(12-14)19(25)23-10-7-13(8-11-23)18-22-21-17-4-2-3-9-24(17)18/h2-6,9,12-13H,7-8,10-11H2,1H3. The average Bonchev–Trinajstić information content (AvgIpc) is 3.11. The summed E-state index contributed by atoms with van der Waals surface area (Å²) in [6, 6.07) is 10.0. The maximum absolute atomic E-state index is 12.9. The minimum atomic E-state index is -3.41. The Hall–Kier alpha value is -2.45. The molecule has 1 aromatic carbocycles. The number of likely N-dealkylation sites (tertiary alicyclic amines) is 1. The molecule has 28 heavy (non-hydrogen) atoms. The van der Waals surface area contributed by atoms with Gasteiger partial charge in [0.15, 0.2) is 15.5 Å². The van der Waals surface area contributed by atoms with Gasteiger partial charge in [-0.3, -0.25) is 9.20 Å². The zero-order valence-corrected chi connectivity index (χ0v) is 16.8. The number of carbonyl (C=O) groups excluding carboxylic acids is 1. The molecule has 1 fully saturated rings. The van der Waals surface area contributed by atoms with E-state index in [-0.39, 0.29) is 27.3 Å². The molecule has 0 atom stereocenters. The third-order valence-corrected chi connectivity index (χ3v) is 6.52. The third kappa shape index (κ3) is 3.49. The first-order chi connectivity index (χ1) is 13.3. The van der Waals surface area contributed by atoms with E-state index in [9.17, 15) is 13.2 Å². The molecule has 146 valence electrons. The molecule has 0 saturated carbocycles. The van der Waals surface area contributed by atoms with Crippen molar-refractivity contribution in [2.24, 2.45) is 0 Å². The molecule has 3 heterocycles. The molecule has 0 radical (unpaired) electrons. The number of piperidine rings is 1. The lowest BCUT2D eigenvalue weighted by Crippen LogP contribution is -2.38. The average molecular weight is 419 g/mol. The topological polar surface area (TPSA) is 84.6 Å². The van der Waals surface area contributed by atoms with Crippen molar-refractivity contribution >= 4 is 33.0 Å². The van der Waals surface area contributed by atoms with Crippen LogP contribution in [-0.4, -0.2) is 53.2 Å². The highest BCUT2D eigenvalue weighted by Crippen LogP contribution is 2.29. The number of benzene rings is 1. The van der Waals surface area contributed by atoms with Crippen molar-refractivity contribution < 1.29 is 13.2 Å². The van der Waals surface area contributed by atoms with Gasteiger partial charge < -0.3 is 4.90 Å². The molecule has 0 N–H and O–H groups in total. The van der Waals surface area contributed by atoms with Crippen LogP contribution in [0, 0.1) is 0 Å². The Labute approximate surface area is 167 Å². The summed E-state index contributed by atoms with van der Waals surface area (Å²) in [5.41, 5.74) is 1.02. The van der Waals surface area contributed by atoms with E-state index in [1.807, 2.05) is 28.8 Å². The fourth-order valence-electron chi connectivity index (χ4n) is 3.55. The van der Waals surface area contributed by atoms with E-state index < -0.39 is 9.84 Å². The Kier molecular flexibility index (Phi) is 4.84. The molecule has 1 saturated heterocycles. The second-order valence-electron chi connectivity index (χ2n) is 6.97. The van der Waals surface area contributed by atoms with Crippen LogP contribution >= 0.6 is 11.6 Å². The van der Waals surface area contributed by atoms with E-state index in [0.717, 1.165) is 30.6 Å². The van der Waals surface area contributed by atoms with E-state index in [1.54, 1.807) is 4.90 Å². The van der Waals surface area contributed by atoms with Crippen molar-refractivity contribution in [3.8, 4) is 0 Å². The van der Waals surface area contributed by atoms with Crippen LogP contribution in [0.25, 0.3) is 5.65 Å². The first-order valence-corrected chi connectivity index (χ1v) is 11.2. The van der Waals surface area contributed by atoms with Crippen LogP contribution in [0.2, 0.25) is 5.02 Å². The number of rotatable bonds is 3. The first-order valence-electron chi connectivity index (χ1n) is 8.93. The third-order valence-electron chi connectivity index (χ3n) is 5.08. The molecular weight excluding hydrogens is 400 g/mol. The largest absolute Gasteiger partial charge is 0.339 e. The van der Waals surface area contributed by atoms with Crippen LogP contribution in [0.15, 0.2) is 47.5 Å². The molecule has 1 aliphatic heterocycles. The van der Waals surface area contributed by atoms with Crippen LogP contribution in [0.5, 0.6) is 0 Å². The maximum atomic E-state index is 12.9. The van der Waals surface area contributed by atoms with E-state index in [1.165, 1.54) is 18.2 Å². The van der Waals surface area contributed by atoms with Gasteiger partial charge in [-0.05, 0) is 43.2 Å². The minimum absolute atomic E-state index is 0.0880. The summed E-state index contributed by atoms with van der Waals surface area (Å²) in [5, 5.41) is 8.77. The van der Waals surface area contributed by atoms with Crippen LogP contribution in [0.3, 0.4) is 0 Å². The lowest BCUT2D eigenvalue weighted by Gasteiger charge is -2.31. The van der Waals surface area contributed by atoms with Crippen molar-refractivity contribution in [2.75, 3.05) is 19.3 Å². The molecule has 0 aliphatic carbocycles. The molecule has 0 bridgehead atoms. The van der Waals surface area contributed by atoms with Crippen molar-refractivity contribution in [3.63, 3.8) is 0 Å². The summed E-state index contributed by atoms with van der Waals surface area (Å²) in [7, 11) is -3.41. The number of sulfone groups is 1. The second-order valence-corrected chi connectivity index (χ2v) is 9.39. The number of aromatic nitrogens is 3. The summed E-state index contributed by atoms with van der Waals surface area (Å²) in [5.74, 6) is 0.860. The highest BCUT2D eigenvalue weighted by Gasteiger charge is 2.28. The molecule has 1 amide bonds. The van der Waals surface area contributed by atoms with Gasteiger partial charge in [0, 0.05) is 31.5 Å². The van der Waals surface area contributed by atoms with Gasteiger partial charge in [-0.2, -0.15) is 0 Å². The van der Waals surface area contributed by atoms with Crippen molar-refractivity contribution in [3.05, 3.63) is 59.0 Å². The molecule has 0 spiro atoms. The fourth-order valence-corrected chi connectivity index (χ4v) is 4.39. The van der Waals surface area contributed by atoms with E-state index in [4.69, 9.17) is 11.6 Å². The Balaban J connectivity index is 1.52. The van der Waals surface area contributed by atoms with Crippen LogP contribution in [0.4, 0.5) is 0 Å². The Bertz CT molecular complexity index is 1150. The van der Waals surface area contributed by atoms with Gasteiger partial charge in [0.05, 0.1) is 15.5 Å². The molecule has 2 aromatic heterocycles. The zero-order valence-electron chi connectivity index (χ0n) is 15.2. The maximum Gasteiger partial charge on any atom is 0.255 e. The van der Waals surface area contributed by atoms with E-state index >= 15 is 0 Å². The summed E-state index contributed by atoms with van der Waals surface area (Å²) < 4.78 is 25.6. The van der Waals surface area contributed by atoms with Gasteiger partial charge in [-0.1, -0.05) is 17.7 Å². The molecule has 4 rings (SSSR count). The Morgan fingerprint density at radius 2 is 1.89 bits per heavy atom. The molecule has 3 aromatic rings. The first kappa shape index (κ1) is 18.9. The smallest absolute Gasteiger partial charge is 0.255 e. The normalized spacial score (nSPS) is 15.9. The van der Waals surface area contributed by atoms with Gasteiger partial charge in [0.25, 0.3) is 5.91 Å². The monoisotopic (exact) mass is 418 g/mol. The molecular formula is C19H19ClN4O3S.